The molecule has 3 rings (SSSR count). The van der Waals surface area contributed by atoms with Crippen LogP contribution in [0.3, 0.4) is 0 Å². The minimum Gasteiger partial charge on any atom is -0.351 e. The predicted octanol–water partition coefficient (Wildman–Crippen LogP) is 2.88. The Kier molecular flexibility index (Phi) is 6.73. The molecule has 6 nitrogen and oxygen atoms in total. The summed E-state index contributed by atoms with van der Waals surface area (Å²) in [6.07, 6.45) is 0.719. The first-order chi connectivity index (χ1) is 13.1. The van der Waals surface area contributed by atoms with Crippen molar-refractivity contribution < 1.29 is 4.79 Å². The Hall–Kier alpha value is -2.51. The summed E-state index contributed by atoms with van der Waals surface area (Å²) in [5.74, 6) is 0.0588. The van der Waals surface area contributed by atoms with Crippen LogP contribution < -0.4 is 11.0 Å². The molecule has 140 valence electrons. The second-order valence-electron chi connectivity index (χ2n) is 5.89. The monoisotopic (exact) mass is 402 g/mol. The molecule has 0 spiro atoms. The summed E-state index contributed by atoms with van der Waals surface area (Å²) in [5.41, 5.74) is 1.84. The summed E-state index contributed by atoms with van der Waals surface area (Å²) in [5, 5.41) is 10.5. The molecule has 0 atom stereocenters. The van der Waals surface area contributed by atoms with Crippen molar-refractivity contribution >= 4 is 29.3 Å². The molecule has 2 aromatic carbocycles. The molecule has 0 aliphatic heterocycles. The molecule has 8 heteroatoms. The van der Waals surface area contributed by atoms with Crippen molar-refractivity contribution in [2.75, 3.05) is 5.75 Å². The van der Waals surface area contributed by atoms with Gasteiger partial charge in [0.2, 0.25) is 5.91 Å². The number of H-pyrrole nitrogens is 1. The van der Waals surface area contributed by atoms with Crippen LogP contribution in [0.4, 0.5) is 0 Å². The van der Waals surface area contributed by atoms with Crippen LogP contribution in [0.5, 0.6) is 0 Å². The molecule has 1 aromatic heterocycles. The summed E-state index contributed by atoms with van der Waals surface area (Å²) >= 11 is 7.08. The molecular weight excluding hydrogens is 384 g/mol. The summed E-state index contributed by atoms with van der Waals surface area (Å²) in [6, 6.07) is 17.2. The number of hydrogen-bond donors (Lipinski definition) is 2. The highest BCUT2D eigenvalue weighted by atomic mass is 35.5. The molecule has 0 radical (unpaired) electrons. The first kappa shape index (κ1) is 19.3. The molecule has 1 heterocycles. The predicted molar refractivity (Wildman–Crippen MR) is 107 cm³/mol. The topological polar surface area (TPSA) is 79.8 Å². The number of halogens is 1. The zero-order valence-corrected chi connectivity index (χ0v) is 16.1. The summed E-state index contributed by atoms with van der Waals surface area (Å²) in [4.78, 5) is 24.0. The molecule has 2 N–H and O–H groups in total. The number of aromatic amines is 1. The fourth-order valence-electron chi connectivity index (χ4n) is 2.48. The molecule has 0 aliphatic rings. The maximum atomic E-state index is 12.1. The number of carbonyl (C=O) groups is 1. The Labute approximate surface area is 165 Å². The molecule has 0 aliphatic carbocycles. The molecule has 0 unspecified atom stereocenters. The molecule has 1 amide bonds. The number of hydrogen-bond acceptors (Lipinski definition) is 4. The third-order valence-corrected chi connectivity index (χ3v) is 5.15. The molecule has 3 aromatic rings. The van der Waals surface area contributed by atoms with Crippen molar-refractivity contribution in [1.82, 2.24) is 20.1 Å². The van der Waals surface area contributed by atoms with E-state index >= 15 is 0 Å². The maximum absolute atomic E-state index is 12.1. The van der Waals surface area contributed by atoms with E-state index < -0.39 is 0 Å². The Morgan fingerprint density at radius 1 is 1.11 bits per heavy atom. The van der Waals surface area contributed by atoms with E-state index in [1.54, 1.807) is 16.7 Å². The normalized spacial score (nSPS) is 10.7. The Morgan fingerprint density at radius 2 is 1.85 bits per heavy atom. The molecule has 0 saturated heterocycles. The molecule has 0 fully saturated rings. The van der Waals surface area contributed by atoms with E-state index in [0.717, 1.165) is 17.5 Å². The number of rotatable bonds is 8. The van der Waals surface area contributed by atoms with Crippen LogP contribution in [0.15, 0.2) is 64.5 Å². The fourth-order valence-corrected chi connectivity index (χ4v) is 3.41. The van der Waals surface area contributed by atoms with Gasteiger partial charge in [-0.2, -0.15) is 0 Å². The number of benzene rings is 2. The summed E-state index contributed by atoms with van der Waals surface area (Å²) < 4.78 is 1.56. The quantitative estimate of drug-likeness (QED) is 0.568. The van der Waals surface area contributed by atoms with Gasteiger partial charge in [0, 0.05) is 18.1 Å². The van der Waals surface area contributed by atoms with Crippen molar-refractivity contribution in [2.45, 2.75) is 24.7 Å². The summed E-state index contributed by atoms with van der Waals surface area (Å²) in [6.45, 7) is 0.937. The van der Waals surface area contributed by atoms with Crippen molar-refractivity contribution in [3.63, 3.8) is 0 Å². The van der Waals surface area contributed by atoms with Crippen LogP contribution in [-0.4, -0.2) is 26.4 Å². The minimum atomic E-state index is -0.269. The van der Waals surface area contributed by atoms with Gasteiger partial charge in [0.1, 0.15) is 0 Å². The average molecular weight is 403 g/mol. The van der Waals surface area contributed by atoms with E-state index in [1.165, 1.54) is 11.8 Å². The third-order valence-electron chi connectivity index (χ3n) is 3.93. The number of aryl methyl sites for hydroxylation is 1. The number of nitrogens with one attached hydrogen (secondary N) is 2. The van der Waals surface area contributed by atoms with E-state index in [1.807, 2.05) is 42.5 Å². The third kappa shape index (κ3) is 5.74. The lowest BCUT2D eigenvalue weighted by atomic mass is 10.1. The lowest BCUT2D eigenvalue weighted by molar-refractivity contribution is -0.118. The van der Waals surface area contributed by atoms with Gasteiger partial charge in [-0.05, 0) is 29.7 Å². The van der Waals surface area contributed by atoms with Gasteiger partial charge < -0.3 is 5.32 Å². The van der Waals surface area contributed by atoms with Gasteiger partial charge >= 0.3 is 5.69 Å². The number of thioether (sulfide) groups is 1. The van der Waals surface area contributed by atoms with Gasteiger partial charge in [-0.3, -0.25) is 9.36 Å². The zero-order chi connectivity index (χ0) is 19.1. The molecule has 0 saturated carbocycles. The Bertz CT molecular complexity index is 938. The maximum Gasteiger partial charge on any atom is 0.343 e. The van der Waals surface area contributed by atoms with Crippen molar-refractivity contribution in [1.29, 1.82) is 0 Å². The number of aromatic nitrogens is 3. The largest absolute Gasteiger partial charge is 0.351 e. The van der Waals surface area contributed by atoms with Crippen molar-refractivity contribution in [3.05, 3.63) is 81.2 Å². The van der Waals surface area contributed by atoms with Crippen LogP contribution in [0.1, 0.15) is 11.1 Å². The van der Waals surface area contributed by atoms with Gasteiger partial charge in [0.15, 0.2) is 5.16 Å². The van der Waals surface area contributed by atoms with Crippen LogP contribution in [0.2, 0.25) is 5.02 Å². The lowest BCUT2D eigenvalue weighted by Crippen LogP contribution is -2.25. The van der Waals surface area contributed by atoms with E-state index in [9.17, 15) is 9.59 Å². The van der Waals surface area contributed by atoms with Crippen molar-refractivity contribution in [2.24, 2.45) is 0 Å². The highest BCUT2D eigenvalue weighted by Gasteiger charge is 2.11. The fraction of sp³-hybridized carbons (Fsp3) is 0.211. The van der Waals surface area contributed by atoms with Gasteiger partial charge in [-0.25, -0.2) is 9.89 Å². The van der Waals surface area contributed by atoms with Gasteiger partial charge in [-0.1, -0.05) is 65.8 Å². The molecule has 27 heavy (non-hydrogen) atoms. The standard InChI is InChI=1S/C19H19ClN4O2S/c20-16-8-6-15(7-9-16)12-21-17(25)13-27-19-23-22-18(26)24(19)11-10-14-4-2-1-3-5-14/h1-9H,10-13H2,(H,21,25)(H,22,26). The first-order valence-electron chi connectivity index (χ1n) is 8.45. The minimum absolute atomic E-state index is 0.125. The van der Waals surface area contributed by atoms with Gasteiger partial charge in [0.25, 0.3) is 0 Å². The second kappa shape index (κ2) is 9.43. The SMILES string of the molecule is O=C(CSc1n[nH]c(=O)n1CCc1ccccc1)NCc1ccc(Cl)cc1. The highest BCUT2D eigenvalue weighted by molar-refractivity contribution is 7.99. The van der Waals surface area contributed by atoms with Crippen molar-refractivity contribution in [3.8, 4) is 0 Å². The first-order valence-corrected chi connectivity index (χ1v) is 9.81. The number of amides is 1. The van der Waals surface area contributed by atoms with E-state index in [0.29, 0.717) is 23.3 Å². The second-order valence-corrected chi connectivity index (χ2v) is 7.27. The van der Waals surface area contributed by atoms with Crippen LogP contribution in [-0.2, 0) is 24.3 Å². The van der Waals surface area contributed by atoms with E-state index in [2.05, 4.69) is 15.5 Å². The average Bonchev–Trinajstić information content (AvgIpc) is 3.04. The zero-order valence-electron chi connectivity index (χ0n) is 14.5. The van der Waals surface area contributed by atoms with Crippen LogP contribution in [0.25, 0.3) is 0 Å². The smallest absolute Gasteiger partial charge is 0.343 e. The van der Waals surface area contributed by atoms with E-state index in [4.69, 9.17) is 11.6 Å². The Balaban J connectivity index is 1.51. The Morgan fingerprint density at radius 3 is 2.59 bits per heavy atom. The number of nitrogens with zero attached hydrogens (tertiary/aromatic N) is 2. The van der Waals surface area contributed by atoms with Crippen LogP contribution in [0, 0.1) is 0 Å². The highest BCUT2D eigenvalue weighted by Crippen LogP contribution is 2.14. The lowest BCUT2D eigenvalue weighted by Gasteiger charge is -2.07. The van der Waals surface area contributed by atoms with Gasteiger partial charge in [0.05, 0.1) is 5.75 Å². The van der Waals surface area contributed by atoms with Crippen LogP contribution >= 0.6 is 23.4 Å². The van der Waals surface area contributed by atoms with Gasteiger partial charge in [-0.15, -0.1) is 5.10 Å². The molecular formula is C19H19ClN4O2S. The summed E-state index contributed by atoms with van der Waals surface area (Å²) in [7, 11) is 0. The number of carbonyl (C=O) groups excluding carboxylic acids is 1. The molecule has 0 bridgehead atoms. The van der Waals surface area contributed by atoms with E-state index in [-0.39, 0.29) is 17.3 Å².